The van der Waals surface area contributed by atoms with Crippen LogP contribution in [0.3, 0.4) is 0 Å². The van der Waals surface area contributed by atoms with Crippen LogP contribution in [0.2, 0.25) is 0 Å². The van der Waals surface area contributed by atoms with E-state index >= 15 is 0 Å². The van der Waals surface area contributed by atoms with Crippen molar-refractivity contribution in [2.75, 3.05) is 11.4 Å². The van der Waals surface area contributed by atoms with E-state index in [1.54, 1.807) is 30.3 Å². The second-order valence-electron chi connectivity index (χ2n) is 7.04. The molecule has 0 atom stereocenters. The van der Waals surface area contributed by atoms with Crippen molar-refractivity contribution < 1.29 is 18.0 Å². The summed E-state index contributed by atoms with van der Waals surface area (Å²) in [6.45, 7) is -0.334. The minimum absolute atomic E-state index is 0.0948. The van der Waals surface area contributed by atoms with Gasteiger partial charge < -0.3 is 0 Å². The maximum Gasteiger partial charge on any atom is 0.346 e. The molecule has 6 nitrogen and oxygen atoms in total. The Morgan fingerprint density at radius 2 is 1.37 bits per heavy atom. The number of carbonyl (C=O) groups excluding carboxylic acids is 2. The molecule has 30 heavy (non-hydrogen) atoms. The summed E-state index contributed by atoms with van der Waals surface area (Å²) < 4.78 is 26.8. The predicted molar refractivity (Wildman–Crippen MR) is 115 cm³/mol. The van der Waals surface area contributed by atoms with Crippen molar-refractivity contribution in [1.82, 2.24) is 4.31 Å². The van der Waals surface area contributed by atoms with Crippen LogP contribution < -0.4 is 4.90 Å². The zero-order chi connectivity index (χ0) is 20.9. The van der Waals surface area contributed by atoms with Crippen LogP contribution in [0.25, 0.3) is 21.5 Å². The quantitative estimate of drug-likeness (QED) is 0.470. The Morgan fingerprint density at radius 1 is 0.700 bits per heavy atom. The van der Waals surface area contributed by atoms with Gasteiger partial charge in [-0.25, -0.2) is 13.2 Å². The Morgan fingerprint density at radius 3 is 2.17 bits per heavy atom. The number of hydrogen-bond donors (Lipinski definition) is 0. The van der Waals surface area contributed by atoms with Gasteiger partial charge in [0.05, 0.1) is 10.6 Å². The molecule has 0 aliphatic carbocycles. The van der Waals surface area contributed by atoms with E-state index in [9.17, 15) is 18.0 Å². The van der Waals surface area contributed by atoms with Gasteiger partial charge in [0.25, 0.3) is 15.9 Å². The smallest absolute Gasteiger partial charge is 0.283 e. The van der Waals surface area contributed by atoms with E-state index < -0.39 is 22.0 Å². The van der Waals surface area contributed by atoms with Crippen LogP contribution >= 0.6 is 0 Å². The average molecular weight is 416 g/mol. The molecule has 0 unspecified atom stereocenters. The first kappa shape index (κ1) is 18.3. The monoisotopic (exact) mass is 416 g/mol. The molecule has 1 heterocycles. The molecule has 0 radical (unpaired) electrons. The summed E-state index contributed by atoms with van der Waals surface area (Å²) in [5.41, 5.74) is 0.502. The van der Waals surface area contributed by atoms with E-state index in [2.05, 4.69) is 0 Å². The summed E-state index contributed by atoms with van der Waals surface area (Å²) in [4.78, 5) is 26.9. The highest BCUT2D eigenvalue weighted by atomic mass is 32.2. The fraction of sp³-hybridized carbons (Fsp3) is 0.0435. The average Bonchev–Trinajstić information content (AvgIpc) is 3.07. The molecule has 5 rings (SSSR count). The lowest BCUT2D eigenvalue weighted by Gasteiger charge is -2.19. The van der Waals surface area contributed by atoms with Crippen LogP contribution in [-0.2, 0) is 14.8 Å². The van der Waals surface area contributed by atoms with Crippen molar-refractivity contribution in [2.24, 2.45) is 0 Å². The number of fused-ring (bicyclic) bond motifs is 2. The molecule has 0 saturated carbocycles. The second-order valence-corrected chi connectivity index (χ2v) is 8.83. The van der Waals surface area contributed by atoms with Crippen molar-refractivity contribution in [3.8, 4) is 0 Å². The van der Waals surface area contributed by atoms with E-state index in [0.29, 0.717) is 15.4 Å². The van der Waals surface area contributed by atoms with Gasteiger partial charge in [0.1, 0.15) is 6.54 Å². The number of rotatable bonds is 3. The molecule has 0 spiro atoms. The Kier molecular flexibility index (Phi) is 4.08. The first-order valence-corrected chi connectivity index (χ1v) is 10.8. The summed E-state index contributed by atoms with van der Waals surface area (Å²) in [5.74, 6) is -0.777. The third kappa shape index (κ3) is 2.74. The highest BCUT2D eigenvalue weighted by molar-refractivity contribution is 7.90. The molecule has 0 bridgehead atoms. The number of nitrogens with zero attached hydrogens (tertiary/aromatic N) is 2. The first-order valence-electron chi connectivity index (χ1n) is 9.33. The molecule has 0 aromatic heterocycles. The number of benzene rings is 4. The Hall–Kier alpha value is -3.71. The van der Waals surface area contributed by atoms with Crippen molar-refractivity contribution in [3.63, 3.8) is 0 Å². The van der Waals surface area contributed by atoms with Crippen LogP contribution in [0.1, 0.15) is 0 Å². The zero-order valence-corrected chi connectivity index (χ0v) is 16.5. The lowest BCUT2D eigenvalue weighted by molar-refractivity contribution is -0.121. The Balaban J connectivity index is 1.58. The van der Waals surface area contributed by atoms with Gasteiger partial charge in [-0.15, -0.1) is 4.31 Å². The topological polar surface area (TPSA) is 74.8 Å². The van der Waals surface area contributed by atoms with Gasteiger partial charge in [0, 0.05) is 5.39 Å². The first-order chi connectivity index (χ1) is 14.5. The molecule has 1 saturated heterocycles. The molecule has 4 aromatic carbocycles. The number of sulfonamides is 1. The third-order valence-corrected chi connectivity index (χ3v) is 6.93. The summed E-state index contributed by atoms with van der Waals surface area (Å²) in [5, 5.41) is 3.24. The predicted octanol–water partition coefficient (Wildman–Crippen LogP) is 4.15. The van der Waals surface area contributed by atoms with Gasteiger partial charge in [-0.1, -0.05) is 66.7 Å². The maximum absolute atomic E-state index is 13.2. The van der Waals surface area contributed by atoms with E-state index in [1.165, 1.54) is 17.0 Å². The lowest BCUT2D eigenvalue weighted by atomic mass is 10.1. The fourth-order valence-electron chi connectivity index (χ4n) is 3.79. The summed E-state index contributed by atoms with van der Waals surface area (Å²) in [6, 6.07) is 23.8. The van der Waals surface area contributed by atoms with Gasteiger partial charge in [-0.05, 0) is 34.4 Å². The Bertz CT molecular complexity index is 1440. The third-order valence-electron chi connectivity index (χ3n) is 5.24. The number of carbonyl (C=O) groups is 2. The molecular weight excluding hydrogens is 400 g/mol. The van der Waals surface area contributed by atoms with Crippen LogP contribution in [0.5, 0.6) is 0 Å². The van der Waals surface area contributed by atoms with E-state index in [4.69, 9.17) is 0 Å². The van der Waals surface area contributed by atoms with Gasteiger partial charge in [0.2, 0.25) is 0 Å². The van der Waals surface area contributed by atoms with Gasteiger partial charge in [-0.3, -0.25) is 9.69 Å². The minimum atomic E-state index is -4.33. The van der Waals surface area contributed by atoms with Crippen LogP contribution in [0.4, 0.5) is 10.5 Å². The van der Waals surface area contributed by atoms with Gasteiger partial charge in [-0.2, -0.15) is 0 Å². The number of urea groups is 1. The van der Waals surface area contributed by atoms with Crippen molar-refractivity contribution >= 4 is 49.2 Å². The highest BCUT2D eigenvalue weighted by Gasteiger charge is 2.45. The molecule has 3 amide bonds. The van der Waals surface area contributed by atoms with Crippen molar-refractivity contribution in [2.45, 2.75) is 4.90 Å². The molecule has 1 aliphatic heterocycles. The van der Waals surface area contributed by atoms with Crippen LogP contribution in [0.15, 0.2) is 89.8 Å². The van der Waals surface area contributed by atoms with E-state index in [-0.39, 0.29) is 11.4 Å². The molecular formula is C23H16N2O4S. The zero-order valence-electron chi connectivity index (χ0n) is 15.7. The number of imide groups is 1. The van der Waals surface area contributed by atoms with Crippen LogP contribution in [-0.4, -0.2) is 31.2 Å². The molecule has 148 valence electrons. The van der Waals surface area contributed by atoms with Gasteiger partial charge in [0.15, 0.2) is 0 Å². The molecule has 7 heteroatoms. The largest absolute Gasteiger partial charge is 0.346 e. The molecule has 1 fully saturated rings. The molecule has 1 aliphatic rings. The number of amides is 3. The summed E-state index contributed by atoms with van der Waals surface area (Å²) >= 11 is 0. The van der Waals surface area contributed by atoms with Crippen molar-refractivity contribution in [1.29, 1.82) is 0 Å². The summed E-state index contributed by atoms with van der Waals surface area (Å²) in [7, 11) is -4.33. The highest BCUT2D eigenvalue weighted by Crippen LogP contribution is 2.32. The van der Waals surface area contributed by atoms with Crippen LogP contribution in [0, 0.1) is 0 Å². The molecule has 4 aromatic rings. The number of hydrogen-bond acceptors (Lipinski definition) is 4. The normalized spacial score (nSPS) is 14.8. The lowest BCUT2D eigenvalue weighted by Crippen LogP contribution is -2.38. The Labute approximate surface area is 173 Å². The standard InChI is InChI=1S/C23H16N2O4S/c26-22-15-24(21-11-5-9-17-7-3-4-10-20(17)21)23(27)25(22)30(28,29)19-13-12-16-6-1-2-8-18(16)14-19/h1-14H,15H2. The van der Waals surface area contributed by atoms with E-state index in [1.807, 2.05) is 42.5 Å². The van der Waals surface area contributed by atoms with Gasteiger partial charge >= 0.3 is 6.03 Å². The SMILES string of the molecule is O=C1CN(c2cccc3ccccc23)C(=O)N1S(=O)(=O)c1ccc2ccccc2c1. The molecule has 0 N–H and O–H groups in total. The minimum Gasteiger partial charge on any atom is -0.283 e. The van der Waals surface area contributed by atoms with E-state index in [0.717, 1.165) is 16.2 Å². The van der Waals surface area contributed by atoms with Crippen molar-refractivity contribution in [3.05, 3.63) is 84.9 Å². The number of anilines is 1. The fourth-order valence-corrected chi connectivity index (χ4v) is 5.14. The summed E-state index contributed by atoms with van der Waals surface area (Å²) in [6.07, 6.45) is 0. The maximum atomic E-state index is 13.2. The second kappa shape index (κ2) is 6.67.